The van der Waals surface area contributed by atoms with Crippen LogP contribution in [0, 0.1) is 0 Å². The van der Waals surface area contributed by atoms with Gasteiger partial charge in [0.25, 0.3) is 0 Å². The van der Waals surface area contributed by atoms with Crippen LogP contribution in [0.5, 0.6) is 23.0 Å². The largest absolute Gasteiger partial charge is 0.497 e. The zero-order valence-corrected chi connectivity index (χ0v) is 22.9. The van der Waals surface area contributed by atoms with Crippen LogP contribution in [0.2, 0.25) is 0 Å². The van der Waals surface area contributed by atoms with Gasteiger partial charge >= 0.3 is 0 Å². The lowest BCUT2D eigenvalue weighted by atomic mass is 9.86. The predicted octanol–water partition coefficient (Wildman–Crippen LogP) is 4.09. The Kier molecular flexibility index (Phi) is 6.50. The van der Waals surface area contributed by atoms with Crippen LogP contribution in [-0.4, -0.2) is 67.6 Å². The van der Waals surface area contributed by atoms with Gasteiger partial charge in [0.05, 0.1) is 34.5 Å². The first-order chi connectivity index (χ1) is 19.5. The highest BCUT2D eigenvalue weighted by Gasteiger charge is 2.48. The molecule has 9 nitrogen and oxygen atoms in total. The van der Waals surface area contributed by atoms with Crippen LogP contribution in [0.15, 0.2) is 60.7 Å². The molecule has 2 amide bonds. The second-order valence-corrected chi connectivity index (χ2v) is 9.99. The Morgan fingerprint density at radius 2 is 1.57 bits per heavy atom. The van der Waals surface area contributed by atoms with Gasteiger partial charge in [-0.25, -0.2) is 0 Å². The Labute approximate surface area is 232 Å². The molecule has 6 rings (SSSR count). The molecule has 1 N–H and O–H groups in total. The third-order valence-corrected chi connectivity index (χ3v) is 7.88. The van der Waals surface area contributed by atoms with E-state index in [2.05, 4.69) is 11.1 Å². The zero-order chi connectivity index (χ0) is 28.0. The quantitative estimate of drug-likeness (QED) is 0.379. The summed E-state index contributed by atoms with van der Waals surface area (Å²) in [7, 11) is 6.29. The van der Waals surface area contributed by atoms with Gasteiger partial charge in [0, 0.05) is 29.6 Å². The van der Waals surface area contributed by atoms with Crippen LogP contribution < -0.4 is 18.9 Å². The van der Waals surface area contributed by atoms with E-state index in [4.69, 9.17) is 18.9 Å². The number of benzene rings is 3. The topological polar surface area (TPSA) is 93.3 Å². The number of hydrogen-bond acceptors (Lipinski definition) is 6. The summed E-state index contributed by atoms with van der Waals surface area (Å²) >= 11 is 0. The van der Waals surface area contributed by atoms with Crippen molar-refractivity contribution in [2.75, 3.05) is 35.0 Å². The third-order valence-electron chi connectivity index (χ3n) is 7.88. The number of para-hydroxylation sites is 1. The SMILES string of the molecule is COc1ccc(CN2CC(=O)N3[C@H](c4cc(OC)c(OC)c(OC)c4)c4[nH]c5ccccc5c4C[C@@H]3C2=O)cc1. The van der Waals surface area contributed by atoms with Crippen molar-refractivity contribution in [3.63, 3.8) is 0 Å². The molecule has 1 aromatic heterocycles. The molecular weight excluding hydrogens is 510 g/mol. The average molecular weight is 542 g/mol. The van der Waals surface area contributed by atoms with E-state index in [9.17, 15) is 9.59 Å². The summed E-state index contributed by atoms with van der Waals surface area (Å²) in [5.41, 5.74) is 4.57. The van der Waals surface area contributed by atoms with Crippen LogP contribution in [0.4, 0.5) is 0 Å². The smallest absolute Gasteiger partial charge is 0.246 e. The van der Waals surface area contributed by atoms with Gasteiger partial charge in [-0.1, -0.05) is 30.3 Å². The Morgan fingerprint density at radius 3 is 2.23 bits per heavy atom. The predicted molar refractivity (Wildman–Crippen MR) is 149 cm³/mol. The lowest BCUT2D eigenvalue weighted by Crippen LogP contribution is -2.62. The standard InChI is InChI=1S/C31H31N3O6/c1-37-20-11-9-18(10-12-20)16-33-17-27(35)34-24(31(33)36)15-22-21-7-5-6-8-23(21)32-28(22)29(34)19-13-25(38-2)30(40-4)26(14-19)39-3/h5-14,24,29,32H,15-17H2,1-4H3/t24-,29-/m1/s1. The molecule has 3 aromatic carbocycles. The minimum atomic E-state index is -0.657. The maximum Gasteiger partial charge on any atom is 0.246 e. The number of hydrogen-bond donors (Lipinski definition) is 1. The average Bonchev–Trinajstić information content (AvgIpc) is 3.36. The summed E-state index contributed by atoms with van der Waals surface area (Å²) < 4.78 is 22.1. The number of nitrogens with zero attached hydrogens (tertiary/aromatic N) is 2. The Morgan fingerprint density at radius 1 is 0.875 bits per heavy atom. The number of aromatic amines is 1. The molecular formula is C31H31N3O6. The second-order valence-electron chi connectivity index (χ2n) is 9.99. The monoisotopic (exact) mass is 541 g/mol. The van der Waals surface area contributed by atoms with Gasteiger partial charge in [-0.05, 0) is 47.0 Å². The number of aromatic nitrogens is 1. The summed E-state index contributed by atoms with van der Waals surface area (Å²) in [5, 5.41) is 1.04. The summed E-state index contributed by atoms with van der Waals surface area (Å²) in [6, 6.07) is 18.1. The Hall–Kier alpha value is -4.66. The zero-order valence-electron chi connectivity index (χ0n) is 22.9. The molecule has 2 aliphatic heterocycles. The molecule has 1 fully saturated rings. The molecule has 0 aliphatic carbocycles. The van der Waals surface area contributed by atoms with E-state index in [0.29, 0.717) is 30.2 Å². The van der Waals surface area contributed by atoms with Crippen molar-refractivity contribution < 1.29 is 28.5 Å². The fourth-order valence-electron chi connectivity index (χ4n) is 6.01. The van der Waals surface area contributed by atoms with Crippen LogP contribution in [0.1, 0.15) is 28.4 Å². The lowest BCUT2D eigenvalue weighted by Gasteiger charge is -2.47. The molecule has 0 saturated carbocycles. The number of methoxy groups -OCH3 is 4. The van der Waals surface area contributed by atoms with E-state index in [1.807, 2.05) is 54.6 Å². The molecule has 0 bridgehead atoms. The maximum atomic E-state index is 14.1. The molecule has 9 heteroatoms. The lowest BCUT2D eigenvalue weighted by molar-refractivity contribution is -0.159. The minimum Gasteiger partial charge on any atom is -0.497 e. The summed E-state index contributed by atoms with van der Waals surface area (Å²) in [6.45, 7) is 0.326. The van der Waals surface area contributed by atoms with Gasteiger partial charge in [-0.2, -0.15) is 0 Å². The van der Waals surface area contributed by atoms with Crippen LogP contribution in [0.3, 0.4) is 0 Å². The molecule has 3 heterocycles. The van der Waals surface area contributed by atoms with E-state index in [0.717, 1.165) is 39.0 Å². The highest BCUT2D eigenvalue weighted by molar-refractivity contribution is 5.97. The highest BCUT2D eigenvalue weighted by atomic mass is 16.5. The summed E-state index contributed by atoms with van der Waals surface area (Å²) in [4.78, 5) is 34.9. The minimum absolute atomic E-state index is 0.0160. The van der Waals surface area contributed by atoms with Gasteiger partial charge in [-0.15, -0.1) is 0 Å². The van der Waals surface area contributed by atoms with Crippen molar-refractivity contribution in [3.8, 4) is 23.0 Å². The van der Waals surface area contributed by atoms with E-state index in [1.165, 1.54) is 0 Å². The van der Waals surface area contributed by atoms with Crippen molar-refractivity contribution in [2.24, 2.45) is 0 Å². The Balaban J connectivity index is 1.46. The molecule has 4 aromatic rings. The molecule has 206 valence electrons. The molecule has 0 unspecified atom stereocenters. The normalized spacial score (nSPS) is 18.4. The van der Waals surface area contributed by atoms with Crippen LogP contribution >= 0.6 is 0 Å². The number of carbonyl (C=O) groups excluding carboxylic acids is 2. The van der Waals surface area contributed by atoms with Crippen LogP contribution in [0.25, 0.3) is 10.9 Å². The maximum absolute atomic E-state index is 14.1. The van der Waals surface area contributed by atoms with Gasteiger partial charge in [0.15, 0.2) is 11.5 Å². The number of rotatable bonds is 7. The first-order valence-electron chi connectivity index (χ1n) is 13.1. The molecule has 0 radical (unpaired) electrons. The fourth-order valence-corrected chi connectivity index (χ4v) is 6.01. The van der Waals surface area contributed by atoms with Gasteiger partial charge < -0.3 is 33.7 Å². The van der Waals surface area contributed by atoms with Crippen molar-refractivity contribution in [1.29, 1.82) is 0 Å². The molecule has 2 atom stereocenters. The van der Waals surface area contributed by atoms with Crippen molar-refractivity contribution in [2.45, 2.75) is 25.0 Å². The molecule has 1 saturated heterocycles. The first-order valence-corrected chi connectivity index (χ1v) is 13.1. The van der Waals surface area contributed by atoms with Crippen molar-refractivity contribution >= 4 is 22.7 Å². The number of piperazine rings is 1. The first kappa shape index (κ1) is 25.6. The van der Waals surface area contributed by atoms with Crippen LogP contribution in [-0.2, 0) is 22.6 Å². The molecule has 0 spiro atoms. The van der Waals surface area contributed by atoms with Gasteiger partial charge in [0.1, 0.15) is 18.3 Å². The number of H-pyrrole nitrogens is 1. The van der Waals surface area contributed by atoms with Gasteiger partial charge in [-0.3, -0.25) is 9.59 Å². The number of nitrogens with one attached hydrogen (secondary N) is 1. The number of fused-ring (bicyclic) bond motifs is 4. The van der Waals surface area contributed by atoms with E-state index in [1.54, 1.807) is 38.2 Å². The summed E-state index contributed by atoms with van der Waals surface area (Å²) in [6.07, 6.45) is 0.421. The van der Waals surface area contributed by atoms with E-state index in [-0.39, 0.29) is 18.4 Å². The Bertz CT molecular complexity index is 1570. The number of carbonyl (C=O) groups is 2. The number of amides is 2. The molecule has 2 aliphatic rings. The third kappa shape index (κ3) is 4.09. The van der Waals surface area contributed by atoms with E-state index >= 15 is 0 Å². The summed E-state index contributed by atoms with van der Waals surface area (Å²) in [5.74, 6) is 1.96. The van der Waals surface area contributed by atoms with E-state index < -0.39 is 12.1 Å². The van der Waals surface area contributed by atoms with Crippen molar-refractivity contribution in [3.05, 3.63) is 83.0 Å². The second kappa shape index (κ2) is 10.1. The fraction of sp³-hybridized carbons (Fsp3) is 0.290. The van der Waals surface area contributed by atoms with Gasteiger partial charge in [0.2, 0.25) is 17.6 Å². The molecule has 40 heavy (non-hydrogen) atoms. The van der Waals surface area contributed by atoms with Crippen molar-refractivity contribution in [1.82, 2.24) is 14.8 Å². The number of ether oxygens (including phenoxy) is 4. The highest BCUT2D eigenvalue weighted by Crippen LogP contribution is 2.47.